The van der Waals surface area contributed by atoms with Gasteiger partial charge in [-0.1, -0.05) is 103 Å². The van der Waals surface area contributed by atoms with Crippen molar-refractivity contribution in [1.29, 1.82) is 5.26 Å². The number of terminal acetylenes is 1. The molecule has 0 saturated carbocycles. The van der Waals surface area contributed by atoms with E-state index in [2.05, 4.69) is 84.8 Å². The number of furan rings is 1. The van der Waals surface area contributed by atoms with Crippen LogP contribution < -0.4 is 0 Å². The summed E-state index contributed by atoms with van der Waals surface area (Å²) in [5, 5.41) is 11.3. The van der Waals surface area contributed by atoms with Gasteiger partial charge in [-0.05, 0) is 75.3 Å². The van der Waals surface area contributed by atoms with Gasteiger partial charge in [-0.25, -0.2) is 0 Å². The van der Waals surface area contributed by atoms with E-state index in [9.17, 15) is 0 Å². The van der Waals surface area contributed by atoms with Crippen LogP contribution in [0.25, 0.3) is 66.4 Å². The summed E-state index contributed by atoms with van der Waals surface area (Å²) in [5.74, 6) is 2.99. The van der Waals surface area contributed by atoms with E-state index in [1.54, 1.807) is 0 Å². The molecule has 1 heterocycles. The largest absolute Gasteiger partial charge is 0.455 e. The van der Waals surface area contributed by atoms with Gasteiger partial charge in [0.1, 0.15) is 11.2 Å². The van der Waals surface area contributed by atoms with E-state index in [-0.39, 0.29) is 0 Å². The standard InChI is InChI=1S/C39H23NO/c1-2-32-36(28-10-5-3-6-11-28)22-31(23-37(32)29-12-7-4-8-13-29)33-14-9-15-35-34-21-20-30(24-38(34)41-39(33)35)27-18-16-26(25-40)17-19-27/h1,3-24H. The number of rotatable bonds is 4. The van der Waals surface area contributed by atoms with E-state index >= 15 is 0 Å². The molecule has 0 aliphatic carbocycles. The number of benzene rings is 6. The van der Waals surface area contributed by atoms with E-state index < -0.39 is 0 Å². The van der Waals surface area contributed by atoms with Crippen molar-refractivity contribution in [2.45, 2.75) is 0 Å². The lowest BCUT2D eigenvalue weighted by molar-refractivity contribution is 0.670. The fraction of sp³-hybridized carbons (Fsp3) is 0. The summed E-state index contributed by atoms with van der Waals surface area (Å²) in [6, 6.07) is 47.3. The molecule has 0 atom stereocenters. The first-order chi connectivity index (χ1) is 20.2. The van der Waals surface area contributed by atoms with Gasteiger partial charge in [-0.2, -0.15) is 5.26 Å². The Morgan fingerprint density at radius 3 is 1.76 bits per heavy atom. The average molecular weight is 522 g/mol. The molecule has 0 bridgehead atoms. The minimum Gasteiger partial charge on any atom is -0.455 e. The van der Waals surface area contributed by atoms with Gasteiger partial charge >= 0.3 is 0 Å². The summed E-state index contributed by atoms with van der Waals surface area (Å²) in [6.45, 7) is 0. The maximum absolute atomic E-state index is 9.16. The van der Waals surface area contributed by atoms with E-state index in [1.807, 2.05) is 60.7 Å². The molecule has 0 aliphatic heterocycles. The quantitative estimate of drug-likeness (QED) is 0.216. The van der Waals surface area contributed by atoms with Gasteiger partial charge in [-0.15, -0.1) is 6.42 Å². The van der Waals surface area contributed by atoms with Crippen LogP contribution in [0, 0.1) is 23.7 Å². The van der Waals surface area contributed by atoms with E-state index in [4.69, 9.17) is 16.1 Å². The van der Waals surface area contributed by atoms with Gasteiger partial charge in [0.05, 0.1) is 11.6 Å². The van der Waals surface area contributed by atoms with Crippen molar-refractivity contribution in [3.8, 4) is 62.9 Å². The molecule has 7 aromatic rings. The summed E-state index contributed by atoms with van der Waals surface area (Å²) in [6.07, 6.45) is 6.15. The maximum Gasteiger partial charge on any atom is 0.143 e. The van der Waals surface area contributed by atoms with Crippen molar-refractivity contribution in [1.82, 2.24) is 0 Å². The van der Waals surface area contributed by atoms with E-state index in [1.165, 1.54) is 0 Å². The van der Waals surface area contributed by atoms with Crippen LogP contribution in [0.3, 0.4) is 0 Å². The highest BCUT2D eigenvalue weighted by molar-refractivity contribution is 6.10. The molecular weight excluding hydrogens is 498 g/mol. The highest BCUT2D eigenvalue weighted by Crippen LogP contribution is 2.41. The van der Waals surface area contributed by atoms with Crippen LogP contribution in [-0.2, 0) is 0 Å². The van der Waals surface area contributed by atoms with Gasteiger partial charge in [-0.3, -0.25) is 0 Å². The monoisotopic (exact) mass is 521 g/mol. The third-order valence-electron chi connectivity index (χ3n) is 7.61. The highest BCUT2D eigenvalue weighted by atomic mass is 16.3. The van der Waals surface area contributed by atoms with Crippen LogP contribution in [0.4, 0.5) is 0 Å². The molecule has 0 N–H and O–H groups in total. The van der Waals surface area contributed by atoms with Crippen LogP contribution in [0.15, 0.2) is 138 Å². The number of fused-ring (bicyclic) bond motifs is 3. The van der Waals surface area contributed by atoms with Crippen molar-refractivity contribution in [3.63, 3.8) is 0 Å². The van der Waals surface area contributed by atoms with E-state index in [0.717, 1.165) is 72.0 Å². The second-order valence-electron chi connectivity index (χ2n) is 10.0. The third-order valence-corrected chi connectivity index (χ3v) is 7.61. The Bertz CT molecular complexity index is 2080. The van der Waals surface area contributed by atoms with Gasteiger partial charge in [0.2, 0.25) is 0 Å². The zero-order chi connectivity index (χ0) is 27.8. The molecule has 0 saturated heterocycles. The topological polar surface area (TPSA) is 36.9 Å². The molecule has 2 nitrogen and oxygen atoms in total. The fourth-order valence-corrected chi connectivity index (χ4v) is 5.59. The van der Waals surface area contributed by atoms with Crippen molar-refractivity contribution in [2.75, 3.05) is 0 Å². The number of para-hydroxylation sites is 1. The Balaban J connectivity index is 1.45. The summed E-state index contributed by atoms with van der Waals surface area (Å²) in [4.78, 5) is 0. The smallest absolute Gasteiger partial charge is 0.143 e. The van der Waals surface area contributed by atoms with Crippen molar-refractivity contribution in [3.05, 3.63) is 145 Å². The fourth-order valence-electron chi connectivity index (χ4n) is 5.59. The maximum atomic E-state index is 9.16. The third kappa shape index (κ3) is 4.25. The van der Waals surface area contributed by atoms with Crippen LogP contribution >= 0.6 is 0 Å². The summed E-state index contributed by atoms with van der Waals surface area (Å²) < 4.78 is 6.60. The predicted octanol–water partition coefficient (Wildman–Crippen LogP) is 10.1. The molecule has 190 valence electrons. The zero-order valence-corrected chi connectivity index (χ0v) is 22.1. The van der Waals surface area contributed by atoms with Crippen LogP contribution in [0.5, 0.6) is 0 Å². The summed E-state index contributed by atoms with van der Waals surface area (Å²) in [7, 11) is 0. The van der Waals surface area contributed by atoms with Gasteiger partial charge in [0.25, 0.3) is 0 Å². The zero-order valence-electron chi connectivity index (χ0n) is 22.1. The molecule has 0 aliphatic rings. The Hall–Kier alpha value is -5.83. The van der Waals surface area contributed by atoms with Crippen LogP contribution in [0.1, 0.15) is 11.1 Å². The summed E-state index contributed by atoms with van der Waals surface area (Å²) in [5.41, 5.74) is 11.5. The number of nitriles is 1. The lowest BCUT2D eigenvalue weighted by Crippen LogP contribution is -1.93. The minimum atomic E-state index is 0.642. The average Bonchev–Trinajstić information content (AvgIpc) is 3.43. The Morgan fingerprint density at radius 2 is 1.15 bits per heavy atom. The minimum absolute atomic E-state index is 0.642. The second kappa shape index (κ2) is 10.0. The lowest BCUT2D eigenvalue weighted by atomic mass is 9.88. The molecule has 6 aromatic carbocycles. The molecule has 41 heavy (non-hydrogen) atoms. The highest BCUT2D eigenvalue weighted by Gasteiger charge is 2.18. The predicted molar refractivity (Wildman–Crippen MR) is 168 cm³/mol. The van der Waals surface area contributed by atoms with Gasteiger partial charge in [0.15, 0.2) is 0 Å². The molecule has 0 unspecified atom stereocenters. The molecule has 0 radical (unpaired) electrons. The van der Waals surface area contributed by atoms with Crippen molar-refractivity contribution in [2.24, 2.45) is 0 Å². The Kier molecular flexibility index (Phi) is 5.94. The number of nitrogens with zero attached hydrogens (tertiary/aromatic N) is 1. The SMILES string of the molecule is C#Cc1c(-c2ccccc2)cc(-c2cccc3c2oc2cc(-c4ccc(C#N)cc4)ccc23)cc1-c1ccccc1. The van der Waals surface area contributed by atoms with Gasteiger partial charge in [0, 0.05) is 21.9 Å². The van der Waals surface area contributed by atoms with Crippen LogP contribution in [-0.4, -0.2) is 0 Å². The molecule has 2 heteroatoms. The molecule has 0 amide bonds. The van der Waals surface area contributed by atoms with Crippen molar-refractivity contribution < 1.29 is 4.42 Å². The molecule has 7 rings (SSSR count). The molecule has 1 aromatic heterocycles. The first-order valence-electron chi connectivity index (χ1n) is 13.5. The second-order valence-corrected chi connectivity index (χ2v) is 10.0. The Labute approximate surface area is 238 Å². The first-order valence-corrected chi connectivity index (χ1v) is 13.5. The summed E-state index contributed by atoms with van der Waals surface area (Å²) >= 11 is 0. The molecule has 0 spiro atoms. The normalized spacial score (nSPS) is 10.9. The Morgan fingerprint density at radius 1 is 0.512 bits per heavy atom. The van der Waals surface area contributed by atoms with Crippen molar-refractivity contribution >= 4 is 21.9 Å². The lowest BCUT2D eigenvalue weighted by Gasteiger charge is -2.15. The van der Waals surface area contributed by atoms with E-state index in [0.29, 0.717) is 5.56 Å². The molecular formula is C39H23NO. The first kappa shape index (κ1) is 24.2. The number of hydrogen-bond acceptors (Lipinski definition) is 2. The van der Waals surface area contributed by atoms with Gasteiger partial charge < -0.3 is 4.42 Å². The molecule has 0 fully saturated rings. The van der Waals surface area contributed by atoms with Crippen LogP contribution in [0.2, 0.25) is 0 Å². The number of hydrogen-bond donors (Lipinski definition) is 0.